The molecule has 1 saturated heterocycles. The van der Waals surface area contributed by atoms with Crippen LogP contribution in [0.25, 0.3) is 0 Å². The number of amides is 1. The number of ether oxygens (including phenoxy) is 1. The Hall–Kier alpha value is -2.45. The Kier molecular flexibility index (Phi) is 6.54. The maximum atomic E-state index is 14.4. The van der Waals surface area contributed by atoms with Crippen LogP contribution in [0.2, 0.25) is 0 Å². The molecule has 1 atom stereocenters. The highest BCUT2D eigenvalue weighted by Gasteiger charge is 2.29. The Balaban J connectivity index is 1.84. The van der Waals surface area contributed by atoms with Gasteiger partial charge in [0.1, 0.15) is 16.5 Å². The molecule has 8 heteroatoms. The zero-order valence-electron chi connectivity index (χ0n) is 16.5. The minimum atomic E-state index is -3.98. The van der Waals surface area contributed by atoms with E-state index in [1.165, 1.54) is 10.4 Å². The van der Waals surface area contributed by atoms with Crippen molar-refractivity contribution >= 4 is 15.9 Å². The fourth-order valence-electron chi connectivity index (χ4n) is 3.47. The third-order valence-corrected chi connectivity index (χ3v) is 6.99. The lowest BCUT2D eigenvalue weighted by Gasteiger charge is -2.26. The number of rotatable bonds is 6. The quantitative estimate of drug-likeness (QED) is 0.776. The first-order valence-electron chi connectivity index (χ1n) is 9.58. The van der Waals surface area contributed by atoms with Gasteiger partial charge in [-0.3, -0.25) is 4.79 Å². The lowest BCUT2D eigenvalue weighted by atomic mass is 10.1. The molecule has 0 spiro atoms. The molecule has 2 aromatic carbocycles. The molecular weight excluding hydrogens is 395 g/mol. The predicted molar refractivity (Wildman–Crippen MR) is 108 cm³/mol. The van der Waals surface area contributed by atoms with Gasteiger partial charge in [-0.05, 0) is 44.0 Å². The zero-order chi connectivity index (χ0) is 21.0. The Bertz CT molecular complexity index is 988. The second-order valence-corrected chi connectivity index (χ2v) is 8.95. The van der Waals surface area contributed by atoms with E-state index in [4.69, 9.17) is 4.74 Å². The van der Waals surface area contributed by atoms with Crippen molar-refractivity contribution in [2.75, 3.05) is 20.2 Å². The summed E-state index contributed by atoms with van der Waals surface area (Å²) < 4.78 is 46.7. The number of piperidine rings is 1. The third-order valence-electron chi connectivity index (χ3n) is 5.08. The van der Waals surface area contributed by atoms with E-state index in [1.807, 2.05) is 18.2 Å². The number of sulfonamides is 1. The average molecular weight is 421 g/mol. The summed E-state index contributed by atoms with van der Waals surface area (Å²) in [6.45, 7) is 2.52. The van der Waals surface area contributed by atoms with Gasteiger partial charge in [0.25, 0.3) is 5.91 Å². The molecular formula is C21H25FN2O4S. The second kappa shape index (κ2) is 8.92. The van der Waals surface area contributed by atoms with Crippen molar-refractivity contribution in [2.24, 2.45) is 0 Å². The molecule has 1 fully saturated rings. The molecule has 6 nitrogen and oxygen atoms in total. The maximum Gasteiger partial charge on any atom is 0.251 e. The standard InChI is InChI=1S/C21H25FN2O4S/c1-15(17-8-4-5-9-19(17)28-2)23-21(25)16-10-11-18(22)20(14-16)29(26,27)24-12-6-3-7-13-24/h4-5,8-11,14-15H,3,6-7,12-13H2,1-2H3,(H,23,25)/t15-/m0/s1. The van der Waals surface area contributed by atoms with Gasteiger partial charge in [-0.1, -0.05) is 24.6 Å². The number of hydrogen-bond acceptors (Lipinski definition) is 4. The molecule has 1 N–H and O–H groups in total. The lowest BCUT2D eigenvalue weighted by Crippen LogP contribution is -2.36. The number of carbonyl (C=O) groups is 1. The van der Waals surface area contributed by atoms with Gasteiger partial charge in [-0.15, -0.1) is 0 Å². The van der Waals surface area contributed by atoms with Crippen LogP contribution in [0.1, 0.15) is 48.1 Å². The normalized spacial score (nSPS) is 16.2. The fourth-order valence-corrected chi connectivity index (χ4v) is 5.08. The summed E-state index contributed by atoms with van der Waals surface area (Å²) in [5, 5.41) is 2.82. The zero-order valence-corrected chi connectivity index (χ0v) is 17.3. The molecule has 1 amide bonds. The van der Waals surface area contributed by atoms with Crippen LogP contribution in [0.3, 0.4) is 0 Å². The molecule has 1 heterocycles. The van der Waals surface area contributed by atoms with Crippen molar-refractivity contribution in [1.82, 2.24) is 9.62 Å². The predicted octanol–water partition coefficient (Wildman–Crippen LogP) is 3.50. The molecule has 3 rings (SSSR count). The van der Waals surface area contributed by atoms with Crippen molar-refractivity contribution in [3.05, 3.63) is 59.4 Å². The summed E-state index contributed by atoms with van der Waals surface area (Å²) in [5.74, 6) is -0.712. The number of para-hydroxylation sites is 1. The van der Waals surface area contributed by atoms with Crippen LogP contribution in [-0.2, 0) is 10.0 Å². The first-order chi connectivity index (χ1) is 13.8. The van der Waals surface area contributed by atoms with Crippen LogP contribution in [0.5, 0.6) is 5.75 Å². The van der Waals surface area contributed by atoms with Crippen molar-refractivity contribution in [3.8, 4) is 5.75 Å². The highest BCUT2D eigenvalue weighted by Crippen LogP contribution is 2.26. The molecule has 1 aliphatic heterocycles. The van der Waals surface area contributed by atoms with Gasteiger partial charge in [-0.25, -0.2) is 12.8 Å². The van der Waals surface area contributed by atoms with Crippen LogP contribution in [0.15, 0.2) is 47.4 Å². The van der Waals surface area contributed by atoms with Gasteiger partial charge >= 0.3 is 0 Å². The van der Waals surface area contributed by atoms with E-state index in [2.05, 4.69) is 5.32 Å². The summed E-state index contributed by atoms with van der Waals surface area (Å²) in [6, 6.07) is 10.3. The topological polar surface area (TPSA) is 75.7 Å². The summed E-state index contributed by atoms with van der Waals surface area (Å²) >= 11 is 0. The van der Waals surface area contributed by atoms with E-state index in [1.54, 1.807) is 20.1 Å². The number of hydrogen-bond donors (Lipinski definition) is 1. The minimum absolute atomic E-state index is 0.0868. The SMILES string of the molecule is COc1ccccc1[C@H](C)NC(=O)c1ccc(F)c(S(=O)(=O)N2CCCCC2)c1. The summed E-state index contributed by atoms with van der Waals surface area (Å²) in [4.78, 5) is 12.3. The van der Waals surface area contributed by atoms with Gasteiger partial charge < -0.3 is 10.1 Å². The first-order valence-corrected chi connectivity index (χ1v) is 11.0. The van der Waals surface area contributed by atoms with Crippen LogP contribution in [0.4, 0.5) is 4.39 Å². The largest absolute Gasteiger partial charge is 0.496 e. The molecule has 29 heavy (non-hydrogen) atoms. The Morgan fingerprint density at radius 3 is 2.52 bits per heavy atom. The highest BCUT2D eigenvalue weighted by molar-refractivity contribution is 7.89. The maximum absolute atomic E-state index is 14.4. The van der Waals surface area contributed by atoms with Crippen molar-refractivity contribution < 1.29 is 22.3 Å². The second-order valence-electron chi connectivity index (χ2n) is 7.05. The van der Waals surface area contributed by atoms with Gasteiger partial charge in [0.15, 0.2) is 0 Å². The van der Waals surface area contributed by atoms with Crippen molar-refractivity contribution in [1.29, 1.82) is 0 Å². The molecule has 1 aliphatic rings. The number of halogens is 1. The monoisotopic (exact) mass is 420 g/mol. The van der Waals surface area contributed by atoms with Gasteiger partial charge in [-0.2, -0.15) is 4.31 Å². The first kappa shape index (κ1) is 21.3. The van der Waals surface area contributed by atoms with Gasteiger partial charge in [0, 0.05) is 24.2 Å². The molecule has 0 bridgehead atoms. The molecule has 0 unspecified atom stereocenters. The molecule has 0 aromatic heterocycles. The van der Waals surface area contributed by atoms with E-state index in [0.717, 1.165) is 37.0 Å². The van der Waals surface area contributed by atoms with Crippen LogP contribution < -0.4 is 10.1 Å². The van der Waals surface area contributed by atoms with Crippen LogP contribution in [0, 0.1) is 5.82 Å². The molecule has 156 valence electrons. The van der Waals surface area contributed by atoms with Crippen LogP contribution in [-0.4, -0.2) is 38.8 Å². The average Bonchev–Trinajstić information content (AvgIpc) is 2.74. The van der Waals surface area contributed by atoms with Crippen LogP contribution >= 0.6 is 0 Å². The highest BCUT2D eigenvalue weighted by atomic mass is 32.2. The molecule has 0 aliphatic carbocycles. The Morgan fingerprint density at radius 2 is 1.83 bits per heavy atom. The molecule has 2 aromatic rings. The summed E-state index contributed by atoms with van der Waals surface area (Å²) in [6.07, 6.45) is 2.45. The fraction of sp³-hybridized carbons (Fsp3) is 0.381. The number of benzene rings is 2. The van der Waals surface area contributed by atoms with Crippen molar-refractivity contribution in [3.63, 3.8) is 0 Å². The molecule has 0 radical (unpaired) electrons. The molecule has 0 saturated carbocycles. The number of methoxy groups -OCH3 is 1. The number of nitrogens with one attached hydrogen (secondary N) is 1. The number of nitrogens with zero attached hydrogens (tertiary/aromatic N) is 1. The summed E-state index contributed by atoms with van der Waals surface area (Å²) in [7, 11) is -2.43. The smallest absolute Gasteiger partial charge is 0.251 e. The third kappa shape index (κ3) is 4.59. The van der Waals surface area contributed by atoms with E-state index in [0.29, 0.717) is 18.8 Å². The Morgan fingerprint density at radius 1 is 1.14 bits per heavy atom. The van der Waals surface area contributed by atoms with Gasteiger partial charge in [0.2, 0.25) is 10.0 Å². The van der Waals surface area contributed by atoms with E-state index in [9.17, 15) is 17.6 Å². The van der Waals surface area contributed by atoms with E-state index >= 15 is 0 Å². The summed E-state index contributed by atoms with van der Waals surface area (Å²) in [5.41, 5.74) is 0.871. The van der Waals surface area contributed by atoms with Gasteiger partial charge in [0.05, 0.1) is 13.2 Å². The van der Waals surface area contributed by atoms with E-state index < -0.39 is 26.6 Å². The van der Waals surface area contributed by atoms with Crippen molar-refractivity contribution in [2.45, 2.75) is 37.1 Å². The number of carbonyl (C=O) groups excluding carboxylic acids is 1. The Labute approximate surface area is 170 Å². The minimum Gasteiger partial charge on any atom is -0.496 e. The van der Waals surface area contributed by atoms with E-state index in [-0.39, 0.29) is 11.6 Å². The lowest BCUT2D eigenvalue weighted by molar-refractivity contribution is 0.0939.